The number of anilines is 1. The van der Waals surface area contributed by atoms with Crippen LogP contribution < -0.4 is 16.3 Å². The Kier molecular flexibility index (Phi) is 5.50. The molecule has 2 aromatic heterocycles. The molecule has 0 aliphatic carbocycles. The predicted octanol–water partition coefficient (Wildman–Crippen LogP) is 2.63. The van der Waals surface area contributed by atoms with E-state index in [9.17, 15) is 9.59 Å². The first-order chi connectivity index (χ1) is 13.2. The third-order valence-electron chi connectivity index (χ3n) is 5.45. The van der Waals surface area contributed by atoms with Crippen LogP contribution in [0.3, 0.4) is 0 Å². The summed E-state index contributed by atoms with van der Waals surface area (Å²) in [6.45, 7) is 9.85. The molecule has 1 aliphatic heterocycles. The summed E-state index contributed by atoms with van der Waals surface area (Å²) < 4.78 is 4.52. The molecule has 0 bridgehead atoms. The van der Waals surface area contributed by atoms with E-state index in [0.717, 1.165) is 29.7 Å². The van der Waals surface area contributed by atoms with Gasteiger partial charge in [0.1, 0.15) is 0 Å². The van der Waals surface area contributed by atoms with E-state index in [1.807, 2.05) is 9.58 Å². The lowest BCUT2D eigenvalue weighted by Crippen LogP contribution is -2.39. The highest BCUT2D eigenvalue weighted by Crippen LogP contribution is 2.29. The highest BCUT2D eigenvalue weighted by molar-refractivity contribution is 5.93. The van der Waals surface area contributed by atoms with Gasteiger partial charge in [0.05, 0.1) is 12.3 Å². The van der Waals surface area contributed by atoms with Crippen LogP contribution in [0.25, 0.3) is 11.2 Å². The molecule has 3 rings (SSSR count). The number of unbranched alkanes of at least 4 members (excludes halogenated alkanes) is 4. The Bertz CT molecular complexity index is 1020. The van der Waals surface area contributed by atoms with E-state index in [1.165, 1.54) is 30.9 Å². The van der Waals surface area contributed by atoms with Gasteiger partial charge in [0, 0.05) is 26.1 Å². The van der Waals surface area contributed by atoms with Gasteiger partial charge in [-0.05, 0) is 6.42 Å². The summed E-state index contributed by atoms with van der Waals surface area (Å²) in [5.74, 6) is 0.650. The summed E-state index contributed by atoms with van der Waals surface area (Å²) in [5.41, 5.74) is 1.09. The quantitative estimate of drug-likeness (QED) is 0.713. The van der Waals surface area contributed by atoms with Gasteiger partial charge in [-0.3, -0.25) is 18.5 Å². The zero-order chi connectivity index (χ0) is 20.6. The van der Waals surface area contributed by atoms with Gasteiger partial charge in [-0.15, -0.1) is 0 Å². The zero-order valence-electron chi connectivity index (χ0n) is 17.9. The lowest BCUT2D eigenvalue weighted by atomic mass is 9.89. The van der Waals surface area contributed by atoms with Gasteiger partial charge in [0.15, 0.2) is 11.2 Å². The summed E-state index contributed by atoms with van der Waals surface area (Å²) in [6.07, 6.45) is 5.83. The molecule has 0 amide bonds. The van der Waals surface area contributed by atoms with E-state index >= 15 is 0 Å². The molecule has 0 atom stereocenters. The van der Waals surface area contributed by atoms with E-state index in [4.69, 9.17) is 5.10 Å². The van der Waals surface area contributed by atoms with Crippen molar-refractivity contribution in [3.05, 3.63) is 20.8 Å². The lowest BCUT2D eigenvalue weighted by molar-refractivity contribution is 0.543. The Morgan fingerprint density at radius 3 is 2.32 bits per heavy atom. The van der Waals surface area contributed by atoms with E-state index in [1.54, 1.807) is 7.05 Å². The Labute approximate surface area is 165 Å². The van der Waals surface area contributed by atoms with E-state index < -0.39 is 0 Å². The molecule has 0 spiro atoms. The van der Waals surface area contributed by atoms with Crippen molar-refractivity contribution in [2.45, 2.75) is 66.3 Å². The molecule has 28 heavy (non-hydrogen) atoms. The maximum atomic E-state index is 12.9. The van der Waals surface area contributed by atoms with Crippen molar-refractivity contribution in [2.75, 3.05) is 11.6 Å². The van der Waals surface area contributed by atoms with Crippen LogP contribution in [-0.4, -0.2) is 30.9 Å². The molecule has 0 saturated heterocycles. The molecule has 154 valence electrons. The fourth-order valence-corrected chi connectivity index (χ4v) is 3.56. The minimum absolute atomic E-state index is 0.124. The Hall–Kier alpha value is -2.38. The second kappa shape index (κ2) is 7.56. The first kappa shape index (κ1) is 20.4. The van der Waals surface area contributed by atoms with Crippen LogP contribution >= 0.6 is 0 Å². The van der Waals surface area contributed by atoms with E-state index in [-0.39, 0.29) is 16.7 Å². The molecule has 0 radical (unpaired) electrons. The predicted molar refractivity (Wildman–Crippen MR) is 113 cm³/mol. The highest BCUT2D eigenvalue weighted by Gasteiger charge is 2.31. The molecule has 0 fully saturated rings. The Balaban J connectivity index is 2.08. The molecule has 1 aliphatic rings. The minimum Gasteiger partial charge on any atom is -0.297 e. The number of aryl methyl sites for hydroxylation is 1. The van der Waals surface area contributed by atoms with Gasteiger partial charge in [-0.2, -0.15) is 10.1 Å². The highest BCUT2D eigenvalue weighted by atomic mass is 16.2. The van der Waals surface area contributed by atoms with Crippen molar-refractivity contribution < 1.29 is 0 Å². The fourth-order valence-electron chi connectivity index (χ4n) is 3.56. The Morgan fingerprint density at radius 1 is 1.00 bits per heavy atom. The van der Waals surface area contributed by atoms with Gasteiger partial charge >= 0.3 is 5.69 Å². The third-order valence-corrected chi connectivity index (χ3v) is 5.45. The minimum atomic E-state index is -0.365. The lowest BCUT2D eigenvalue weighted by Gasteiger charge is -2.31. The summed E-state index contributed by atoms with van der Waals surface area (Å²) >= 11 is 0. The van der Waals surface area contributed by atoms with Crippen molar-refractivity contribution in [3.63, 3.8) is 0 Å². The number of rotatable bonds is 6. The Morgan fingerprint density at radius 2 is 1.68 bits per heavy atom. The van der Waals surface area contributed by atoms with E-state index in [2.05, 4.69) is 32.7 Å². The van der Waals surface area contributed by atoms with Crippen LogP contribution in [0.5, 0.6) is 0 Å². The largest absolute Gasteiger partial charge is 0.332 e. The number of imidazole rings is 1. The van der Waals surface area contributed by atoms with Crippen LogP contribution in [0.2, 0.25) is 0 Å². The normalized spacial score (nSPS) is 14.5. The molecular formula is C20H32N6O2. The van der Waals surface area contributed by atoms with Crippen molar-refractivity contribution in [3.8, 4) is 0 Å². The summed E-state index contributed by atoms with van der Waals surface area (Å²) in [6, 6.07) is 0. The summed E-state index contributed by atoms with van der Waals surface area (Å²) in [5, 5.41) is 6.80. The van der Waals surface area contributed by atoms with Gasteiger partial charge in [-0.25, -0.2) is 9.80 Å². The molecular weight excluding hydrogens is 356 g/mol. The summed E-state index contributed by atoms with van der Waals surface area (Å²) in [4.78, 5) is 29.8. The average molecular weight is 389 g/mol. The third kappa shape index (κ3) is 3.52. The number of hydrogen-bond acceptors (Lipinski definition) is 5. The van der Waals surface area contributed by atoms with Gasteiger partial charge in [0.2, 0.25) is 5.95 Å². The van der Waals surface area contributed by atoms with Crippen LogP contribution in [0, 0.1) is 5.41 Å². The molecule has 8 heteroatoms. The maximum absolute atomic E-state index is 12.9. The monoisotopic (exact) mass is 388 g/mol. The maximum Gasteiger partial charge on any atom is 0.332 e. The average Bonchev–Trinajstić information content (AvgIpc) is 3.03. The van der Waals surface area contributed by atoms with Crippen molar-refractivity contribution in [1.82, 2.24) is 18.7 Å². The second-order valence-corrected chi connectivity index (χ2v) is 8.71. The van der Waals surface area contributed by atoms with E-state index in [0.29, 0.717) is 23.7 Å². The van der Waals surface area contributed by atoms with Crippen molar-refractivity contribution in [2.24, 2.45) is 24.6 Å². The standard InChI is InChI=1S/C20H32N6O2/c1-7-8-9-10-11-12-26-18-21-16-15(17(27)24(6)19(28)23(16)5)25(18)13-14(22-26)20(2,3)4/h7-13H2,1-6H3. The second-order valence-electron chi connectivity index (χ2n) is 8.71. The van der Waals surface area contributed by atoms with Gasteiger partial charge in [-0.1, -0.05) is 53.4 Å². The number of aromatic nitrogens is 4. The first-order valence-corrected chi connectivity index (χ1v) is 10.2. The van der Waals surface area contributed by atoms with Crippen molar-refractivity contribution in [1.29, 1.82) is 0 Å². The smallest absolute Gasteiger partial charge is 0.297 e. The number of fused-ring (bicyclic) bond motifs is 3. The topological polar surface area (TPSA) is 77.4 Å². The molecule has 8 nitrogen and oxygen atoms in total. The van der Waals surface area contributed by atoms with Crippen LogP contribution in [-0.2, 0) is 20.6 Å². The molecule has 0 N–H and O–H groups in total. The van der Waals surface area contributed by atoms with Gasteiger partial charge < -0.3 is 0 Å². The number of hydrazone groups is 1. The molecule has 0 saturated carbocycles. The number of hydrogen-bond donors (Lipinski definition) is 0. The first-order valence-electron chi connectivity index (χ1n) is 10.2. The SMILES string of the molecule is CCCCCCCN1N=C(C(C)(C)C)Cn2c1nc1c2c(=O)n(C)c(=O)n1C. The molecule has 2 aromatic rings. The van der Waals surface area contributed by atoms with Crippen molar-refractivity contribution >= 4 is 22.8 Å². The summed E-state index contributed by atoms with van der Waals surface area (Å²) in [7, 11) is 3.17. The van der Waals surface area contributed by atoms with Crippen LogP contribution in [0.4, 0.5) is 5.95 Å². The molecule has 3 heterocycles. The fraction of sp³-hybridized carbons (Fsp3) is 0.700. The van der Waals surface area contributed by atoms with Crippen LogP contribution in [0.1, 0.15) is 59.8 Å². The number of nitrogens with zero attached hydrogens (tertiary/aromatic N) is 6. The zero-order valence-corrected chi connectivity index (χ0v) is 17.9. The van der Waals surface area contributed by atoms with Gasteiger partial charge in [0.25, 0.3) is 5.56 Å². The van der Waals surface area contributed by atoms with Crippen LogP contribution in [0.15, 0.2) is 14.7 Å². The molecule has 0 aromatic carbocycles. The molecule has 0 unspecified atom stereocenters.